The first-order valence-electron chi connectivity index (χ1n) is 5.61. The Hall–Kier alpha value is -1.53. The fraction of sp³-hybridized carbons (Fsp3) is 0.364. The average molecular weight is 270 g/mol. The number of aromatic nitrogens is 4. The van der Waals surface area contributed by atoms with Gasteiger partial charge in [-0.3, -0.25) is 0 Å². The lowest BCUT2D eigenvalue weighted by atomic mass is 10.2. The Bertz CT molecular complexity index is 522. The zero-order chi connectivity index (χ0) is 13.1. The molecule has 0 radical (unpaired) electrons. The summed E-state index contributed by atoms with van der Waals surface area (Å²) in [5.41, 5.74) is 0.170. The number of benzene rings is 1. The third kappa shape index (κ3) is 2.34. The molecule has 0 saturated heterocycles. The van der Waals surface area contributed by atoms with E-state index >= 15 is 0 Å². The van der Waals surface area contributed by atoms with E-state index in [0.29, 0.717) is 5.82 Å². The van der Waals surface area contributed by atoms with Crippen molar-refractivity contribution in [2.45, 2.75) is 19.9 Å². The molecule has 0 spiro atoms. The minimum atomic E-state index is -0.459. The Labute approximate surface area is 109 Å². The molecular weight excluding hydrogens is 257 g/mol. The van der Waals surface area contributed by atoms with Crippen LogP contribution in [0.5, 0.6) is 0 Å². The molecule has 2 aromatic rings. The van der Waals surface area contributed by atoms with Crippen LogP contribution in [0, 0.1) is 5.82 Å². The standard InChI is InChI=1S/C11H13ClFN5/c1-3-14-7(2)11-15-16-17-18(11)10-8(12)5-4-6-9(10)13/h4-7,14H,3H2,1-2H3. The van der Waals surface area contributed by atoms with E-state index < -0.39 is 5.82 Å². The molecule has 1 unspecified atom stereocenters. The normalized spacial score (nSPS) is 12.7. The van der Waals surface area contributed by atoms with Gasteiger partial charge in [0, 0.05) is 0 Å². The van der Waals surface area contributed by atoms with Crippen LogP contribution in [0.15, 0.2) is 18.2 Å². The molecule has 0 fully saturated rings. The molecule has 1 N–H and O–H groups in total. The van der Waals surface area contributed by atoms with Crippen molar-refractivity contribution < 1.29 is 4.39 Å². The van der Waals surface area contributed by atoms with Gasteiger partial charge in [0.2, 0.25) is 0 Å². The summed E-state index contributed by atoms with van der Waals surface area (Å²) in [5, 5.41) is 14.7. The molecule has 0 amide bonds. The van der Waals surface area contributed by atoms with E-state index in [1.54, 1.807) is 12.1 Å². The van der Waals surface area contributed by atoms with Gasteiger partial charge in [0.1, 0.15) is 5.69 Å². The number of halogens is 2. The van der Waals surface area contributed by atoms with Crippen LogP contribution in [-0.4, -0.2) is 26.8 Å². The molecule has 5 nitrogen and oxygen atoms in total. The van der Waals surface area contributed by atoms with Crippen LogP contribution in [0.25, 0.3) is 5.69 Å². The van der Waals surface area contributed by atoms with Crippen LogP contribution in [0.1, 0.15) is 25.7 Å². The lowest BCUT2D eigenvalue weighted by molar-refractivity contribution is 0.540. The fourth-order valence-corrected chi connectivity index (χ4v) is 1.96. The summed E-state index contributed by atoms with van der Waals surface area (Å²) in [5.74, 6) is 0.0589. The van der Waals surface area contributed by atoms with Gasteiger partial charge in [-0.05, 0) is 36.0 Å². The second kappa shape index (κ2) is 5.41. The zero-order valence-corrected chi connectivity index (χ0v) is 10.8. The lowest BCUT2D eigenvalue weighted by Gasteiger charge is -2.13. The van der Waals surface area contributed by atoms with E-state index in [2.05, 4.69) is 20.8 Å². The van der Waals surface area contributed by atoms with Crippen molar-refractivity contribution in [3.8, 4) is 5.69 Å². The number of hydrogen-bond acceptors (Lipinski definition) is 4. The molecule has 7 heteroatoms. The summed E-state index contributed by atoms with van der Waals surface area (Å²) in [4.78, 5) is 0. The summed E-state index contributed by atoms with van der Waals surface area (Å²) in [7, 11) is 0. The molecule has 0 bridgehead atoms. The van der Waals surface area contributed by atoms with Gasteiger partial charge < -0.3 is 5.32 Å². The quantitative estimate of drug-likeness (QED) is 0.924. The summed E-state index contributed by atoms with van der Waals surface area (Å²) < 4.78 is 15.1. The smallest absolute Gasteiger partial charge is 0.173 e. The molecule has 0 aliphatic heterocycles. The van der Waals surface area contributed by atoms with E-state index in [-0.39, 0.29) is 16.8 Å². The minimum absolute atomic E-state index is 0.0966. The molecule has 0 saturated carbocycles. The summed E-state index contributed by atoms with van der Waals surface area (Å²) >= 11 is 6.00. The first-order valence-corrected chi connectivity index (χ1v) is 5.99. The lowest BCUT2D eigenvalue weighted by Crippen LogP contribution is -2.22. The van der Waals surface area contributed by atoms with Crippen LogP contribution in [0.2, 0.25) is 5.02 Å². The largest absolute Gasteiger partial charge is 0.308 e. The van der Waals surface area contributed by atoms with Gasteiger partial charge in [-0.2, -0.15) is 4.68 Å². The van der Waals surface area contributed by atoms with Gasteiger partial charge >= 0.3 is 0 Å². The molecule has 18 heavy (non-hydrogen) atoms. The third-order valence-electron chi connectivity index (χ3n) is 2.54. The highest BCUT2D eigenvalue weighted by atomic mass is 35.5. The van der Waals surface area contributed by atoms with Crippen molar-refractivity contribution in [1.82, 2.24) is 25.5 Å². The van der Waals surface area contributed by atoms with Gasteiger partial charge in [0.05, 0.1) is 11.1 Å². The number of nitrogens with one attached hydrogen (secondary N) is 1. The van der Waals surface area contributed by atoms with Gasteiger partial charge in [-0.1, -0.05) is 24.6 Å². The first kappa shape index (κ1) is 12.9. The van der Waals surface area contributed by atoms with Crippen LogP contribution >= 0.6 is 11.6 Å². The molecule has 0 aliphatic carbocycles. The highest BCUT2D eigenvalue weighted by molar-refractivity contribution is 6.32. The molecule has 1 aromatic carbocycles. The average Bonchev–Trinajstić information content (AvgIpc) is 2.78. The highest BCUT2D eigenvalue weighted by Crippen LogP contribution is 2.24. The molecule has 96 valence electrons. The molecule has 0 aliphatic rings. The van der Waals surface area contributed by atoms with Crippen molar-refractivity contribution in [1.29, 1.82) is 0 Å². The molecule has 2 rings (SSSR count). The maximum atomic E-state index is 13.8. The fourth-order valence-electron chi connectivity index (χ4n) is 1.71. The minimum Gasteiger partial charge on any atom is -0.308 e. The predicted octanol–water partition coefficient (Wildman–Crippen LogP) is 2.13. The van der Waals surface area contributed by atoms with Crippen LogP contribution in [0.4, 0.5) is 4.39 Å². The monoisotopic (exact) mass is 269 g/mol. The molecule has 1 heterocycles. The van der Waals surface area contributed by atoms with Crippen molar-refractivity contribution in [2.75, 3.05) is 6.54 Å². The second-order valence-electron chi connectivity index (χ2n) is 3.80. The number of tetrazole rings is 1. The Morgan fingerprint density at radius 1 is 1.50 bits per heavy atom. The Balaban J connectivity index is 2.49. The summed E-state index contributed by atoms with van der Waals surface area (Å²) in [6, 6.07) is 4.37. The van der Waals surface area contributed by atoms with E-state index in [1.807, 2.05) is 13.8 Å². The number of para-hydroxylation sites is 1. The van der Waals surface area contributed by atoms with Crippen LogP contribution in [0.3, 0.4) is 0 Å². The van der Waals surface area contributed by atoms with E-state index in [4.69, 9.17) is 11.6 Å². The van der Waals surface area contributed by atoms with Crippen molar-refractivity contribution in [2.24, 2.45) is 0 Å². The second-order valence-corrected chi connectivity index (χ2v) is 4.21. The van der Waals surface area contributed by atoms with Gasteiger partial charge in [-0.25, -0.2) is 4.39 Å². The Morgan fingerprint density at radius 2 is 2.28 bits per heavy atom. The van der Waals surface area contributed by atoms with Gasteiger partial charge in [0.25, 0.3) is 0 Å². The summed E-state index contributed by atoms with van der Waals surface area (Å²) in [6.45, 7) is 4.64. The topological polar surface area (TPSA) is 55.6 Å². The molecule has 1 aromatic heterocycles. The van der Waals surface area contributed by atoms with Crippen LogP contribution in [-0.2, 0) is 0 Å². The molecular formula is C11H13ClFN5. The van der Waals surface area contributed by atoms with Gasteiger partial charge in [0.15, 0.2) is 11.6 Å². The maximum absolute atomic E-state index is 13.8. The third-order valence-corrected chi connectivity index (χ3v) is 2.85. The first-order chi connectivity index (χ1) is 8.65. The highest BCUT2D eigenvalue weighted by Gasteiger charge is 2.19. The van der Waals surface area contributed by atoms with Gasteiger partial charge in [-0.15, -0.1) is 5.10 Å². The Kier molecular flexibility index (Phi) is 3.88. The van der Waals surface area contributed by atoms with Crippen molar-refractivity contribution in [3.05, 3.63) is 34.9 Å². The number of rotatable bonds is 4. The molecule has 1 atom stereocenters. The van der Waals surface area contributed by atoms with E-state index in [9.17, 15) is 4.39 Å². The number of hydrogen-bond donors (Lipinski definition) is 1. The maximum Gasteiger partial charge on any atom is 0.173 e. The predicted molar refractivity (Wildman–Crippen MR) is 66.2 cm³/mol. The van der Waals surface area contributed by atoms with Crippen molar-refractivity contribution >= 4 is 11.6 Å². The van der Waals surface area contributed by atoms with Crippen LogP contribution < -0.4 is 5.32 Å². The number of nitrogens with zero attached hydrogens (tertiary/aromatic N) is 4. The zero-order valence-electron chi connectivity index (χ0n) is 10.1. The van der Waals surface area contributed by atoms with E-state index in [1.165, 1.54) is 10.7 Å². The van der Waals surface area contributed by atoms with Crippen molar-refractivity contribution in [3.63, 3.8) is 0 Å². The summed E-state index contributed by atoms with van der Waals surface area (Å²) in [6.07, 6.45) is 0. The SMILES string of the molecule is CCNC(C)c1nnnn1-c1c(F)cccc1Cl. The van der Waals surface area contributed by atoms with E-state index in [0.717, 1.165) is 6.54 Å². The Morgan fingerprint density at radius 3 is 2.94 bits per heavy atom.